The summed E-state index contributed by atoms with van der Waals surface area (Å²) < 4.78 is 16.5. The first-order valence-corrected chi connectivity index (χ1v) is 8.11. The summed E-state index contributed by atoms with van der Waals surface area (Å²) in [6, 6.07) is 6.22. The van der Waals surface area contributed by atoms with E-state index < -0.39 is 0 Å². The van der Waals surface area contributed by atoms with Crippen molar-refractivity contribution in [3.05, 3.63) is 23.8 Å². The first kappa shape index (κ1) is 13.9. The van der Waals surface area contributed by atoms with Crippen LogP contribution in [0, 0.1) is 0 Å². The molecule has 4 rings (SSSR count). The lowest BCUT2D eigenvalue weighted by Gasteiger charge is -2.37. The molecule has 1 aliphatic carbocycles. The lowest BCUT2D eigenvalue weighted by molar-refractivity contribution is -0.143. The van der Waals surface area contributed by atoms with Crippen LogP contribution in [0.1, 0.15) is 31.2 Å². The van der Waals surface area contributed by atoms with Crippen LogP contribution >= 0.6 is 0 Å². The van der Waals surface area contributed by atoms with Gasteiger partial charge in [-0.1, -0.05) is 6.07 Å². The average Bonchev–Trinajstić information content (AvgIpc) is 3.20. The van der Waals surface area contributed by atoms with E-state index >= 15 is 0 Å². The molecule has 1 amide bonds. The number of amides is 1. The summed E-state index contributed by atoms with van der Waals surface area (Å²) in [4.78, 5) is 14.6. The van der Waals surface area contributed by atoms with Crippen LogP contribution in [-0.2, 0) is 16.0 Å². The molecule has 1 saturated heterocycles. The molecule has 2 atom stereocenters. The number of fused-ring (bicyclic) bond motifs is 2. The van der Waals surface area contributed by atoms with Crippen molar-refractivity contribution >= 4 is 5.91 Å². The zero-order valence-corrected chi connectivity index (χ0v) is 12.6. The van der Waals surface area contributed by atoms with Crippen LogP contribution in [0.5, 0.6) is 11.5 Å². The molecule has 1 saturated carbocycles. The quantitative estimate of drug-likeness (QED) is 0.858. The fourth-order valence-electron chi connectivity index (χ4n) is 3.73. The standard InChI is InChI=1S/C17H21NO4/c19-17(18-8-9-20-14-3-1-2-13(14)18)7-5-12-4-6-15-16(10-12)22-11-21-15/h4,6,10,13-14H,1-3,5,7-9,11H2/t13-,14-/m1/s1. The second-order valence-electron chi connectivity index (χ2n) is 6.18. The molecule has 0 spiro atoms. The van der Waals surface area contributed by atoms with E-state index in [1.807, 2.05) is 23.1 Å². The van der Waals surface area contributed by atoms with Crippen LogP contribution in [0.2, 0.25) is 0 Å². The number of hydrogen-bond acceptors (Lipinski definition) is 4. The molecule has 118 valence electrons. The van der Waals surface area contributed by atoms with Crippen LogP contribution in [-0.4, -0.2) is 42.9 Å². The number of aryl methyl sites for hydroxylation is 1. The Morgan fingerprint density at radius 2 is 2.14 bits per heavy atom. The van der Waals surface area contributed by atoms with Crippen molar-refractivity contribution in [3.8, 4) is 11.5 Å². The van der Waals surface area contributed by atoms with E-state index in [0.29, 0.717) is 19.1 Å². The van der Waals surface area contributed by atoms with Crippen LogP contribution in [0.3, 0.4) is 0 Å². The first-order valence-electron chi connectivity index (χ1n) is 8.11. The third-order valence-corrected chi connectivity index (χ3v) is 4.87. The van der Waals surface area contributed by atoms with E-state index in [-0.39, 0.29) is 18.8 Å². The van der Waals surface area contributed by atoms with Crippen molar-refractivity contribution < 1.29 is 19.0 Å². The first-order chi connectivity index (χ1) is 10.8. The number of ether oxygens (including phenoxy) is 3. The Morgan fingerprint density at radius 1 is 1.23 bits per heavy atom. The molecule has 2 heterocycles. The highest BCUT2D eigenvalue weighted by Gasteiger charge is 2.37. The highest BCUT2D eigenvalue weighted by molar-refractivity contribution is 5.77. The van der Waals surface area contributed by atoms with Crippen molar-refractivity contribution in [2.24, 2.45) is 0 Å². The Labute approximate surface area is 130 Å². The van der Waals surface area contributed by atoms with Gasteiger partial charge < -0.3 is 19.1 Å². The Morgan fingerprint density at radius 3 is 3.09 bits per heavy atom. The van der Waals surface area contributed by atoms with Gasteiger partial charge >= 0.3 is 0 Å². The second kappa shape index (κ2) is 5.80. The molecular weight excluding hydrogens is 282 g/mol. The summed E-state index contributed by atoms with van der Waals surface area (Å²) in [5.74, 6) is 1.82. The van der Waals surface area contributed by atoms with Gasteiger partial charge in [0.2, 0.25) is 12.7 Å². The Hall–Kier alpha value is -1.75. The maximum atomic E-state index is 12.6. The van der Waals surface area contributed by atoms with Gasteiger partial charge in [-0.15, -0.1) is 0 Å². The maximum absolute atomic E-state index is 12.6. The van der Waals surface area contributed by atoms with Gasteiger partial charge in [0, 0.05) is 13.0 Å². The minimum atomic E-state index is 0.248. The fraction of sp³-hybridized carbons (Fsp3) is 0.588. The zero-order valence-electron chi connectivity index (χ0n) is 12.6. The molecule has 5 heteroatoms. The van der Waals surface area contributed by atoms with Gasteiger partial charge in [-0.2, -0.15) is 0 Å². The van der Waals surface area contributed by atoms with Gasteiger partial charge in [0.25, 0.3) is 0 Å². The lowest BCUT2D eigenvalue weighted by atomic mass is 10.1. The molecular formula is C17H21NO4. The van der Waals surface area contributed by atoms with Gasteiger partial charge in [-0.3, -0.25) is 4.79 Å². The summed E-state index contributed by atoms with van der Waals surface area (Å²) in [6.07, 6.45) is 4.90. The third kappa shape index (κ3) is 2.54. The van der Waals surface area contributed by atoms with Crippen molar-refractivity contribution in [1.82, 2.24) is 4.90 Å². The number of carbonyl (C=O) groups excluding carboxylic acids is 1. The number of benzene rings is 1. The van der Waals surface area contributed by atoms with Crippen LogP contribution < -0.4 is 9.47 Å². The van der Waals surface area contributed by atoms with Crippen LogP contribution in [0.25, 0.3) is 0 Å². The predicted octanol–water partition coefficient (Wildman–Crippen LogP) is 2.13. The molecule has 3 aliphatic rings. The number of carbonyl (C=O) groups is 1. The molecule has 22 heavy (non-hydrogen) atoms. The topological polar surface area (TPSA) is 48.0 Å². The van der Waals surface area contributed by atoms with E-state index in [2.05, 4.69) is 0 Å². The van der Waals surface area contributed by atoms with Crippen molar-refractivity contribution in [1.29, 1.82) is 0 Å². The van der Waals surface area contributed by atoms with Gasteiger partial charge in [0.1, 0.15) is 0 Å². The van der Waals surface area contributed by atoms with Gasteiger partial charge in [-0.05, 0) is 43.4 Å². The van der Waals surface area contributed by atoms with Gasteiger partial charge in [0.05, 0.1) is 18.8 Å². The predicted molar refractivity (Wildman–Crippen MR) is 80.0 cm³/mol. The minimum Gasteiger partial charge on any atom is -0.454 e. The monoisotopic (exact) mass is 303 g/mol. The van der Waals surface area contributed by atoms with E-state index in [1.165, 1.54) is 6.42 Å². The van der Waals surface area contributed by atoms with Crippen LogP contribution in [0.15, 0.2) is 18.2 Å². The molecule has 5 nitrogen and oxygen atoms in total. The van der Waals surface area contributed by atoms with E-state index in [9.17, 15) is 4.79 Å². The molecule has 0 bridgehead atoms. The Balaban J connectivity index is 1.38. The summed E-state index contributed by atoms with van der Waals surface area (Å²) in [6.45, 7) is 1.70. The van der Waals surface area contributed by atoms with Gasteiger partial charge in [-0.25, -0.2) is 0 Å². The summed E-state index contributed by atoms with van der Waals surface area (Å²) in [5, 5.41) is 0. The highest BCUT2D eigenvalue weighted by Crippen LogP contribution is 2.33. The third-order valence-electron chi connectivity index (χ3n) is 4.87. The summed E-state index contributed by atoms with van der Waals surface area (Å²) in [5.41, 5.74) is 1.12. The normalized spacial score (nSPS) is 26.1. The van der Waals surface area contributed by atoms with E-state index in [1.54, 1.807) is 0 Å². The van der Waals surface area contributed by atoms with Crippen molar-refractivity contribution in [2.45, 2.75) is 44.2 Å². The number of nitrogens with zero attached hydrogens (tertiary/aromatic N) is 1. The zero-order chi connectivity index (χ0) is 14.9. The van der Waals surface area contributed by atoms with Crippen LogP contribution in [0.4, 0.5) is 0 Å². The van der Waals surface area contributed by atoms with Gasteiger partial charge in [0.15, 0.2) is 11.5 Å². The highest BCUT2D eigenvalue weighted by atomic mass is 16.7. The molecule has 0 N–H and O–H groups in total. The minimum absolute atomic E-state index is 0.248. The Kier molecular flexibility index (Phi) is 3.66. The molecule has 2 fully saturated rings. The van der Waals surface area contributed by atoms with E-state index in [0.717, 1.165) is 42.9 Å². The molecule has 0 aromatic heterocycles. The molecule has 0 radical (unpaired) electrons. The molecule has 1 aromatic carbocycles. The smallest absolute Gasteiger partial charge is 0.231 e. The number of hydrogen-bond donors (Lipinski definition) is 0. The summed E-state index contributed by atoms with van der Waals surface area (Å²) in [7, 11) is 0. The number of rotatable bonds is 3. The average molecular weight is 303 g/mol. The summed E-state index contributed by atoms with van der Waals surface area (Å²) >= 11 is 0. The lowest BCUT2D eigenvalue weighted by Crippen LogP contribution is -2.51. The fourth-order valence-corrected chi connectivity index (χ4v) is 3.73. The number of morpholine rings is 1. The SMILES string of the molecule is O=C(CCc1ccc2c(c1)OCO2)N1CCO[C@@H]2CCC[C@H]21. The second-order valence-corrected chi connectivity index (χ2v) is 6.18. The van der Waals surface area contributed by atoms with E-state index in [4.69, 9.17) is 14.2 Å². The Bertz CT molecular complexity index is 574. The largest absolute Gasteiger partial charge is 0.454 e. The van der Waals surface area contributed by atoms with Crippen molar-refractivity contribution in [3.63, 3.8) is 0 Å². The molecule has 2 aliphatic heterocycles. The molecule has 0 unspecified atom stereocenters. The maximum Gasteiger partial charge on any atom is 0.231 e. The molecule has 1 aromatic rings. The van der Waals surface area contributed by atoms with Crippen molar-refractivity contribution in [2.75, 3.05) is 19.9 Å².